The number of amides is 1. The van der Waals surface area contributed by atoms with E-state index in [-0.39, 0.29) is 11.9 Å². The van der Waals surface area contributed by atoms with Gasteiger partial charge < -0.3 is 19.2 Å². The van der Waals surface area contributed by atoms with Crippen LogP contribution >= 0.6 is 0 Å². The minimum Gasteiger partial charge on any atom is -0.497 e. The number of furan rings is 1. The molecule has 1 aliphatic rings. The molecule has 0 spiro atoms. The van der Waals surface area contributed by atoms with Gasteiger partial charge in [-0.2, -0.15) is 0 Å². The number of nitrogens with zero attached hydrogens (tertiary/aromatic N) is 1. The van der Waals surface area contributed by atoms with Crippen LogP contribution in [0, 0.1) is 6.92 Å². The third-order valence-electron chi connectivity index (χ3n) is 6.24. The Labute approximate surface area is 199 Å². The Morgan fingerprint density at radius 2 is 1.76 bits per heavy atom. The van der Waals surface area contributed by atoms with Crippen LogP contribution < -0.4 is 10.1 Å². The lowest BCUT2D eigenvalue weighted by Gasteiger charge is -2.34. The number of carbonyl (C=O) groups excluding carboxylic acids is 1. The summed E-state index contributed by atoms with van der Waals surface area (Å²) in [5, 5.41) is 4.04. The van der Waals surface area contributed by atoms with Crippen molar-refractivity contribution in [2.45, 2.75) is 13.0 Å². The fourth-order valence-corrected chi connectivity index (χ4v) is 4.45. The number of hydrogen-bond acceptors (Lipinski definition) is 5. The number of aryl methyl sites for hydroxylation is 1. The van der Waals surface area contributed by atoms with E-state index in [1.54, 1.807) is 7.11 Å². The van der Waals surface area contributed by atoms with Crippen LogP contribution in [0.25, 0.3) is 11.0 Å². The number of fused-ring (bicyclic) bond motifs is 1. The predicted molar refractivity (Wildman–Crippen MR) is 133 cm³/mol. The normalized spacial score (nSPS) is 15.2. The van der Waals surface area contributed by atoms with Crippen molar-refractivity contribution >= 4 is 22.6 Å². The maximum atomic E-state index is 13.2. The Hall–Kier alpha value is -3.61. The number of morpholine rings is 1. The number of methoxy groups -OCH3 is 1. The van der Waals surface area contributed by atoms with Gasteiger partial charge in [0.25, 0.3) is 5.91 Å². The molecule has 3 aromatic carbocycles. The summed E-state index contributed by atoms with van der Waals surface area (Å²) < 4.78 is 17.6. The molecule has 1 atom stereocenters. The van der Waals surface area contributed by atoms with Crippen LogP contribution in [0.1, 0.15) is 33.3 Å². The molecule has 2 heterocycles. The number of anilines is 1. The van der Waals surface area contributed by atoms with Gasteiger partial charge in [-0.3, -0.25) is 9.69 Å². The van der Waals surface area contributed by atoms with Gasteiger partial charge in [-0.05, 0) is 48.9 Å². The molecule has 6 heteroatoms. The van der Waals surface area contributed by atoms with Crippen molar-refractivity contribution in [3.8, 4) is 5.75 Å². The SMILES string of the molecule is COc1cccc(C(c2oc3ccccc3c2NC(=O)c2ccc(C)cc2)N2CCOCC2)c1. The smallest absolute Gasteiger partial charge is 0.255 e. The van der Waals surface area contributed by atoms with Gasteiger partial charge in [-0.25, -0.2) is 0 Å². The highest BCUT2D eigenvalue weighted by Crippen LogP contribution is 2.41. The second kappa shape index (κ2) is 9.71. The maximum Gasteiger partial charge on any atom is 0.255 e. The first kappa shape index (κ1) is 22.2. The molecule has 0 radical (unpaired) electrons. The Kier molecular flexibility index (Phi) is 6.34. The molecular weight excluding hydrogens is 428 g/mol. The molecule has 0 saturated carbocycles. The summed E-state index contributed by atoms with van der Waals surface area (Å²) in [6, 6.07) is 23.2. The summed E-state index contributed by atoms with van der Waals surface area (Å²) in [6.07, 6.45) is 0. The van der Waals surface area contributed by atoms with Crippen LogP contribution in [-0.4, -0.2) is 44.2 Å². The van der Waals surface area contributed by atoms with Crippen molar-refractivity contribution in [3.05, 3.63) is 95.2 Å². The zero-order valence-corrected chi connectivity index (χ0v) is 19.4. The molecule has 1 aromatic heterocycles. The first-order valence-corrected chi connectivity index (χ1v) is 11.5. The molecule has 0 bridgehead atoms. The average Bonchev–Trinajstić information content (AvgIpc) is 3.23. The molecule has 4 aromatic rings. The van der Waals surface area contributed by atoms with Gasteiger partial charge in [0.05, 0.1) is 32.1 Å². The van der Waals surface area contributed by atoms with Gasteiger partial charge in [-0.1, -0.05) is 42.0 Å². The Bertz CT molecular complexity index is 1290. The van der Waals surface area contributed by atoms with Gasteiger partial charge in [-0.15, -0.1) is 0 Å². The summed E-state index contributed by atoms with van der Waals surface area (Å²) in [5.41, 5.74) is 4.17. The molecule has 1 unspecified atom stereocenters. The second-order valence-electron chi connectivity index (χ2n) is 8.49. The van der Waals surface area contributed by atoms with Gasteiger partial charge in [0.1, 0.15) is 17.1 Å². The van der Waals surface area contributed by atoms with Crippen molar-refractivity contribution in [3.63, 3.8) is 0 Å². The largest absolute Gasteiger partial charge is 0.497 e. The van der Waals surface area contributed by atoms with Gasteiger partial charge >= 0.3 is 0 Å². The van der Waals surface area contributed by atoms with E-state index in [1.807, 2.05) is 73.7 Å². The van der Waals surface area contributed by atoms with Crippen molar-refractivity contribution in [1.82, 2.24) is 4.90 Å². The van der Waals surface area contributed by atoms with Gasteiger partial charge in [0, 0.05) is 24.0 Å². The zero-order chi connectivity index (χ0) is 23.5. The van der Waals surface area contributed by atoms with Crippen LogP contribution in [0.4, 0.5) is 5.69 Å². The fourth-order valence-electron chi connectivity index (χ4n) is 4.45. The lowest BCUT2D eigenvalue weighted by atomic mass is 10.00. The molecule has 0 aliphatic carbocycles. The predicted octanol–water partition coefficient (Wildman–Crippen LogP) is 5.42. The third-order valence-corrected chi connectivity index (χ3v) is 6.24. The van der Waals surface area contributed by atoms with Gasteiger partial charge in [0.2, 0.25) is 0 Å². The summed E-state index contributed by atoms with van der Waals surface area (Å²) in [6.45, 7) is 4.80. The molecule has 5 rings (SSSR count). The van der Waals surface area contributed by atoms with Crippen molar-refractivity contribution in [2.24, 2.45) is 0 Å². The number of carbonyl (C=O) groups is 1. The lowest BCUT2D eigenvalue weighted by molar-refractivity contribution is 0.0206. The van der Waals surface area contributed by atoms with Gasteiger partial charge in [0.15, 0.2) is 0 Å². The van der Waals surface area contributed by atoms with Crippen LogP contribution in [-0.2, 0) is 4.74 Å². The van der Waals surface area contributed by atoms with Crippen molar-refractivity contribution < 1.29 is 18.7 Å². The molecule has 174 valence electrons. The standard InChI is InChI=1S/C28H28N2O4/c1-19-10-12-20(13-11-19)28(31)29-25-23-8-3-4-9-24(23)34-27(25)26(30-14-16-33-17-15-30)21-6-5-7-22(18-21)32-2/h3-13,18,26H,14-17H2,1-2H3,(H,29,31). The van der Waals surface area contributed by atoms with E-state index in [1.165, 1.54) is 0 Å². The molecular formula is C28H28N2O4. The molecule has 1 saturated heterocycles. The summed E-state index contributed by atoms with van der Waals surface area (Å²) in [7, 11) is 1.66. The van der Waals surface area contributed by atoms with E-state index in [0.29, 0.717) is 30.2 Å². The zero-order valence-electron chi connectivity index (χ0n) is 19.4. The number of rotatable bonds is 6. The minimum absolute atomic E-state index is 0.167. The quantitative estimate of drug-likeness (QED) is 0.420. The highest BCUT2D eigenvalue weighted by atomic mass is 16.5. The van der Waals surface area contributed by atoms with E-state index in [2.05, 4.69) is 16.3 Å². The van der Waals surface area contributed by atoms with Crippen LogP contribution in [0.3, 0.4) is 0 Å². The Balaban J connectivity index is 1.63. The molecule has 1 N–H and O–H groups in total. The topological polar surface area (TPSA) is 63.9 Å². The summed E-state index contributed by atoms with van der Waals surface area (Å²) in [5.74, 6) is 1.31. The van der Waals surface area contributed by atoms with Crippen LogP contribution in [0.5, 0.6) is 5.75 Å². The number of nitrogens with one attached hydrogen (secondary N) is 1. The van der Waals surface area contributed by atoms with E-state index >= 15 is 0 Å². The van der Waals surface area contributed by atoms with Crippen LogP contribution in [0.2, 0.25) is 0 Å². The van der Waals surface area contributed by atoms with E-state index in [9.17, 15) is 4.79 Å². The summed E-state index contributed by atoms with van der Waals surface area (Å²) >= 11 is 0. The molecule has 1 fully saturated rings. The van der Waals surface area contributed by atoms with Crippen molar-refractivity contribution in [2.75, 3.05) is 38.7 Å². The molecule has 6 nitrogen and oxygen atoms in total. The van der Waals surface area contributed by atoms with E-state index < -0.39 is 0 Å². The number of para-hydroxylation sites is 1. The third kappa shape index (κ3) is 4.42. The fraction of sp³-hybridized carbons (Fsp3) is 0.250. The highest BCUT2D eigenvalue weighted by Gasteiger charge is 2.31. The van der Waals surface area contributed by atoms with Crippen molar-refractivity contribution in [1.29, 1.82) is 0 Å². The van der Waals surface area contributed by atoms with E-state index in [4.69, 9.17) is 13.9 Å². The Morgan fingerprint density at radius 3 is 2.53 bits per heavy atom. The minimum atomic E-state index is -0.209. The van der Waals surface area contributed by atoms with Crippen LogP contribution in [0.15, 0.2) is 77.2 Å². The monoisotopic (exact) mass is 456 g/mol. The molecule has 1 amide bonds. The summed E-state index contributed by atoms with van der Waals surface area (Å²) in [4.78, 5) is 15.6. The second-order valence-corrected chi connectivity index (χ2v) is 8.49. The van der Waals surface area contributed by atoms with E-state index in [0.717, 1.165) is 40.9 Å². The number of ether oxygens (including phenoxy) is 2. The first-order valence-electron chi connectivity index (χ1n) is 11.5. The highest BCUT2D eigenvalue weighted by molar-refractivity contribution is 6.09. The maximum absolute atomic E-state index is 13.2. The average molecular weight is 457 g/mol. The number of benzene rings is 3. The lowest BCUT2D eigenvalue weighted by Crippen LogP contribution is -2.39. The molecule has 1 aliphatic heterocycles. The first-order chi connectivity index (χ1) is 16.6. The Morgan fingerprint density at radius 1 is 1.00 bits per heavy atom. The number of hydrogen-bond donors (Lipinski definition) is 1. The molecule has 34 heavy (non-hydrogen) atoms.